The summed E-state index contributed by atoms with van der Waals surface area (Å²) in [6.45, 7) is 2.39. The topological polar surface area (TPSA) is 85.7 Å². The molecule has 1 aromatic heterocycles. The smallest absolute Gasteiger partial charge is 0.247 e. The zero-order valence-electron chi connectivity index (χ0n) is 20.8. The lowest BCUT2D eigenvalue weighted by molar-refractivity contribution is -0.142. The number of carbonyl (C=O) groups is 2. The molecule has 0 saturated carbocycles. The quantitative estimate of drug-likeness (QED) is 0.355. The highest BCUT2D eigenvalue weighted by atomic mass is 35.5. The normalized spacial score (nSPS) is 17.0. The van der Waals surface area contributed by atoms with Crippen LogP contribution in [0.4, 0.5) is 5.69 Å². The average molecular weight is 519 g/mol. The number of fused-ring (bicyclic) bond motifs is 3. The minimum absolute atomic E-state index is 0.0863. The Kier molecular flexibility index (Phi) is 6.76. The van der Waals surface area contributed by atoms with Gasteiger partial charge in [0.25, 0.3) is 0 Å². The molecule has 2 heterocycles. The predicted octanol–water partition coefficient (Wildman–Crippen LogP) is 5.38. The van der Waals surface area contributed by atoms with Crippen LogP contribution in [0.15, 0.2) is 66.7 Å². The van der Waals surface area contributed by atoms with Crippen molar-refractivity contribution < 1.29 is 19.1 Å². The standard InChI is InChI=1S/C28H27ClN4O4/c1-17-27-31-20-11-7-8-12-22(20)33(27)23(28(35)32(17)16-18-9-5-4-6-10-18)14-26(34)30-21-13-19(29)24(36-2)15-25(21)37-3/h4-13,15,17,23H,14,16H2,1-3H3,(H,30,34)/t17-,23+/m0/s1. The summed E-state index contributed by atoms with van der Waals surface area (Å²) in [6, 6.07) is 19.6. The SMILES string of the molecule is COc1cc(OC)c(NC(=O)C[C@@H]2C(=O)N(Cc3ccccc3)[C@@H](C)c3nc4ccccc4n32)cc1Cl. The van der Waals surface area contributed by atoms with Gasteiger partial charge >= 0.3 is 0 Å². The molecular weight excluding hydrogens is 492 g/mol. The molecule has 190 valence electrons. The van der Waals surface area contributed by atoms with E-state index in [0.717, 1.165) is 22.4 Å². The van der Waals surface area contributed by atoms with Gasteiger partial charge < -0.3 is 24.3 Å². The molecule has 1 N–H and O–H groups in total. The second kappa shape index (κ2) is 10.1. The van der Waals surface area contributed by atoms with Crippen molar-refractivity contribution in [1.29, 1.82) is 0 Å². The number of nitrogens with one attached hydrogen (secondary N) is 1. The van der Waals surface area contributed by atoms with Gasteiger partial charge in [-0.3, -0.25) is 9.59 Å². The van der Waals surface area contributed by atoms with Gasteiger partial charge in [-0.25, -0.2) is 4.98 Å². The lowest BCUT2D eigenvalue weighted by atomic mass is 10.0. The van der Waals surface area contributed by atoms with E-state index in [1.165, 1.54) is 14.2 Å². The number of halogens is 1. The van der Waals surface area contributed by atoms with Crippen molar-refractivity contribution in [2.45, 2.75) is 32.0 Å². The second-order valence-corrected chi connectivity index (χ2v) is 9.32. The number of para-hydroxylation sites is 2. The molecule has 1 aliphatic rings. The van der Waals surface area contributed by atoms with Gasteiger partial charge in [0.05, 0.1) is 48.4 Å². The van der Waals surface area contributed by atoms with Crippen LogP contribution in [0, 0.1) is 0 Å². The maximum atomic E-state index is 13.9. The minimum Gasteiger partial charge on any atom is -0.495 e. The second-order valence-electron chi connectivity index (χ2n) is 8.91. The molecule has 0 aliphatic carbocycles. The summed E-state index contributed by atoms with van der Waals surface area (Å²) in [5.74, 6) is 1.09. The molecule has 8 nitrogen and oxygen atoms in total. The maximum Gasteiger partial charge on any atom is 0.247 e. The van der Waals surface area contributed by atoms with Crippen molar-refractivity contribution in [3.8, 4) is 11.5 Å². The number of benzene rings is 3. The molecule has 0 saturated heterocycles. The van der Waals surface area contributed by atoms with E-state index in [4.69, 9.17) is 26.1 Å². The maximum absolute atomic E-state index is 13.9. The third-order valence-electron chi connectivity index (χ3n) is 6.67. The van der Waals surface area contributed by atoms with E-state index in [0.29, 0.717) is 28.8 Å². The fourth-order valence-electron chi connectivity index (χ4n) is 4.83. The average Bonchev–Trinajstić information content (AvgIpc) is 3.30. The van der Waals surface area contributed by atoms with Gasteiger partial charge in [-0.15, -0.1) is 0 Å². The van der Waals surface area contributed by atoms with E-state index in [-0.39, 0.29) is 24.3 Å². The molecule has 1 aliphatic heterocycles. The molecule has 2 atom stereocenters. The fraction of sp³-hybridized carbons (Fsp3) is 0.250. The van der Waals surface area contributed by atoms with Gasteiger partial charge in [-0.1, -0.05) is 54.1 Å². The summed E-state index contributed by atoms with van der Waals surface area (Å²) in [4.78, 5) is 33.9. The molecule has 3 aromatic carbocycles. The summed E-state index contributed by atoms with van der Waals surface area (Å²) in [6.07, 6.45) is -0.0863. The number of rotatable bonds is 7. The van der Waals surface area contributed by atoms with Gasteiger partial charge in [0.1, 0.15) is 23.4 Å². The number of carbonyl (C=O) groups excluding carboxylic acids is 2. The first-order chi connectivity index (χ1) is 17.9. The highest BCUT2D eigenvalue weighted by Gasteiger charge is 2.40. The Morgan fingerprint density at radius 1 is 1.03 bits per heavy atom. The number of nitrogens with zero attached hydrogens (tertiary/aromatic N) is 3. The number of ether oxygens (including phenoxy) is 2. The number of methoxy groups -OCH3 is 2. The lowest BCUT2D eigenvalue weighted by Gasteiger charge is -2.38. The van der Waals surface area contributed by atoms with E-state index in [1.807, 2.05) is 66.1 Å². The van der Waals surface area contributed by atoms with Crippen LogP contribution in [-0.2, 0) is 16.1 Å². The van der Waals surface area contributed by atoms with E-state index in [1.54, 1.807) is 17.0 Å². The van der Waals surface area contributed by atoms with Crippen LogP contribution in [0.25, 0.3) is 11.0 Å². The molecule has 5 rings (SSSR count). The monoisotopic (exact) mass is 518 g/mol. The van der Waals surface area contributed by atoms with Crippen LogP contribution in [0.2, 0.25) is 5.02 Å². The van der Waals surface area contributed by atoms with Crippen molar-refractivity contribution in [1.82, 2.24) is 14.5 Å². The summed E-state index contributed by atoms with van der Waals surface area (Å²) in [5.41, 5.74) is 3.01. The zero-order chi connectivity index (χ0) is 26.1. The van der Waals surface area contributed by atoms with E-state index in [2.05, 4.69) is 5.32 Å². The predicted molar refractivity (Wildman–Crippen MR) is 142 cm³/mol. The van der Waals surface area contributed by atoms with Crippen molar-refractivity contribution in [3.05, 3.63) is 83.1 Å². The molecule has 9 heteroatoms. The van der Waals surface area contributed by atoms with Crippen molar-refractivity contribution in [3.63, 3.8) is 0 Å². The molecule has 0 bridgehead atoms. The van der Waals surface area contributed by atoms with Crippen LogP contribution >= 0.6 is 11.6 Å². The molecule has 0 fully saturated rings. The number of hydrogen-bond donors (Lipinski definition) is 1. The molecule has 2 amide bonds. The Balaban J connectivity index is 1.50. The fourth-order valence-corrected chi connectivity index (χ4v) is 5.07. The molecule has 0 radical (unpaired) electrons. The minimum atomic E-state index is -0.762. The Hall–Kier alpha value is -4.04. The number of anilines is 1. The van der Waals surface area contributed by atoms with Crippen LogP contribution in [0.5, 0.6) is 11.5 Å². The number of hydrogen-bond acceptors (Lipinski definition) is 5. The van der Waals surface area contributed by atoms with Crippen LogP contribution in [-0.4, -0.2) is 40.5 Å². The van der Waals surface area contributed by atoms with E-state index in [9.17, 15) is 9.59 Å². The van der Waals surface area contributed by atoms with E-state index >= 15 is 0 Å². The third kappa shape index (κ3) is 4.60. The van der Waals surface area contributed by atoms with Gasteiger partial charge in [0, 0.05) is 12.6 Å². The molecule has 0 unspecified atom stereocenters. The Labute approximate surface area is 219 Å². The van der Waals surface area contributed by atoms with Gasteiger partial charge in [0.2, 0.25) is 11.8 Å². The first-order valence-corrected chi connectivity index (χ1v) is 12.3. The van der Waals surface area contributed by atoms with Gasteiger partial charge in [0.15, 0.2) is 0 Å². The zero-order valence-corrected chi connectivity index (χ0v) is 21.5. The molecule has 4 aromatic rings. The highest BCUT2D eigenvalue weighted by Crippen LogP contribution is 2.39. The van der Waals surface area contributed by atoms with Crippen molar-refractivity contribution in [2.24, 2.45) is 0 Å². The van der Waals surface area contributed by atoms with E-state index < -0.39 is 6.04 Å². The summed E-state index contributed by atoms with van der Waals surface area (Å²) in [5, 5.41) is 3.19. The Morgan fingerprint density at radius 2 is 1.73 bits per heavy atom. The Bertz CT molecular complexity index is 1470. The summed E-state index contributed by atoms with van der Waals surface area (Å²) in [7, 11) is 3.00. The first-order valence-electron chi connectivity index (χ1n) is 11.9. The van der Waals surface area contributed by atoms with Gasteiger partial charge in [-0.05, 0) is 30.7 Å². The van der Waals surface area contributed by atoms with Crippen molar-refractivity contribution >= 4 is 40.1 Å². The number of amides is 2. The number of aromatic nitrogens is 2. The lowest BCUT2D eigenvalue weighted by Crippen LogP contribution is -2.45. The van der Waals surface area contributed by atoms with Crippen LogP contribution in [0.1, 0.15) is 36.8 Å². The Morgan fingerprint density at radius 3 is 2.46 bits per heavy atom. The first kappa shape index (κ1) is 24.6. The van der Waals surface area contributed by atoms with Crippen molar-refractivity contribution in [2.75, 3.05) is 19.5 Å². The van der Waals surface area contributed by atoms with Crippen LogP contribution < -0.4 is 14.8 Å². The molecule has 0 spiro atoms. The van der Waals surface area contributed by atoms with Crippen LogP contribution in [0.3, 0.4) is 0 Å². The summed E-state index contributed by atoms with van der Waals surface area (Å²) >= 11 is 6.28. The molecule has 37 heavy (non-hydrogen) atoms. The largest absolute Gasteiger partial charge is 0.495 e. The summed E-state index contributed by atoms with van der Waals surface area (Å²) < 4.78 is 12.6. The third-order valence-corrected chi connectivity index (χ3v) is 6.96. The highest BCUT2D eigenvalue weighted by molar-refractivity contribution is 6.32. The van der Waals surface area contributed by atoms with Gasteiger partial charge in [-0.2, -0.15) is 0 Å². The number of imidazole rings is 1. The molecular formula is C28H27ClN4O4.